The molecule has 2 aromatic carbocycles. The molecule has 0 spiro atoms. The maximum Gasteiger partial charge on any atom is -0.0198 e. The third-order valence-electron chi connectivity index (χ3n) is 3.03. The number of hydrogen-bond donors (Lipinski definition) is 0. The van der Waals surface area contributed by atoms with Crippen LogP contribution in [0.25, 0.3) is 12.2 Å². The molecule has 2 aromatic rings. The number of benzene rings is 2. The fourth-order valence-electron chi connectivity index (χ4n) is 2.04. The Morgan fingerprint density at radius 3 is 1.89 bits per heavy atom. The van der Waals surface area contributed by atoms with E-state index < -0.39 is 0 Å². The predicted molar refractivity (Wildman–Crippen MR) is 87.4 cm³/mol. The van der Waals surface area contributed by atoms with Gasteiger partial charge in [-0.05, 0) is 43.0 Å². The minimum Gasteiger partial charge on any atom is -0.0683 e. The largest absolute Gasteiger partial charge is 0.0683 e. The van der Waals surface area contributed by atoms with E-state index in [0.717, 1.165) is 0 Å². The van der Waals surface area contributed by atoms with Gasteiger partial charge in [-0.1, -0.05) is 74.0 Å². The van der Waals surface area contributed by atoms with E-state index in [1.807, 2.05) is 13.8 Å². The molecule has 2 rings (SSSR count). The average Bonchev–Trinajstić information content (AvgIpc) is 2.40. The van der Waals surface area contributed by atoms with Crippen LogP contribution in [0.2, 0.25) is 0 Å². The van der Waals surface area contributed by atoms with Crippen molar-refractivity contribution in [2.45, 2.75) is 34.6 Å². The first-order valence-corrected chi connectivity index (χ1v) is 6.98. The van der Waals surface area contributed by atoms with Crippen molar-refractivity contribution in [1.29, 1.82) is 0 Å². The summed E-state index contributed by atoms with van der Waals surface area (Å²) in [4.78, 5) is 0. The molecule has 0 bridgehead atoms. The first-order valence-electron chi connectivity index (χ1n) is 6.98. The third kappa shape index (κ3) is 4.40. The Morgan fingerprint density at radius 1 is 0.737 bits per heavy atom. The number of aryl methyl sites for hydroxylation is 3. The highest BCUT2D eigenvalue weighted by Gasteiger charge is 1.97. The van der Waals surface area contributed by atoms with Crippen LogP contribution in [-0.2, 0) is 0 Å². The topological polar surface area (TPSA) is 0 Å². The van der Waals surface area contributed by atoms with Crippen molar-refractivity contribution in [1.82, 2.24) is 0 Å². The lowest BCUT2D eigenvalue weighted by Gasteiger charge is -2.04. The lowest BCUT2D eigenvalue weighted by atomic mass is 10.0. The van der Waals surface area contributed by atoms with Gasteiger partial charge in [-0.3, -0.25) is 0 Å². The van der Waals surface area contributed by atoms with E-state index in [4.69, 9.17) is 0 Å². The van der Waals surface area contributed by atoms with Crippen LogP contribution in [0.4, 0.5) is 0 Å². The SMILES string of the molecule is CC.Cc1cccc(/C=C/c2c(C)cccc2C)c1. The van der Waals surface area contributed by atoms with Crippen molar-refractivity contribution in [3.05, 3.63) is 70.3 Å². The van der Waals surface area contributed by atoms with Crippen LogP contribution in [0.3, 0.4) is 0 Å². The maximum atomic E-state index is 2.21. The minimum absolute atomic E-state index is 1.26. The van der Waals surface area contributed by atoms with E-state index in [0.29, 0.717) is 0 Å². The van der Waals surface area contributed by atoms with Gasteiger partial charge < -0.3 is 0 Å². The Bertz CT molecular complexity index is 527. The zero-order valence-corrected chi connectivity index (χ0v) is 12.7. The minimum atomic E-state index is 1.26. The number of rotatable bonds is 2. The predicted octanol–water partition coefficient (Wildman–Crippen LogP) is 5.81. The number of hydrogen-bond acceptors (Lipinski definition) is 0. The Balaban J connectivity index is 0.000000861. The fraction of sp³-hybridized carbons (Fsp3) is 0.263. The molecule has 0 fully saturated rings. The molecule has 0 aliphatic carbocycles. The zero-order chi connectivity index (χ0) is 14.3. The standard InChI is InChI=1S/C17H18.C2H6/c1-13-6-4-9-16(12-13)10-11-17-14(2)7-5-8-15(17)3;1-2/h4-12H,1-3H3;1-2H3/b11-10+;. The summed E-state index contributed by atoms with van der Waals surface area (Å²) in [6.07, 6.45) is 4.39. The summed E-state index contributed by atoms with van der Waals surface area (Å²) in [5.41, 5.74) is 6.54. The molecular formula is C19H24. The molecule has 19 heavy (non-hydrogen) atoms. The van der Waals surface area contributed by atoms with Gasteiger partial charge in [0.1, 0.15) is 0 Å². The molecule has 100 valence electrons. The van der Waals surface area contributed by atoms with Crippen LogP contribution in [0.1, 0.15) is 41.7 Å². The van der Waals surface area contributed by atoms with Crippen LogP contribution in [0.15, 0.2) is 42.5 Å². The van der Waals surface area contributed by atoms with Gasteiger partial charge in [0.2, 0.25) is 0 Å². The Hall–Kier alpha value is -1.82. The van der Waals surface area contributed by atoms with Crippen molar-refractivity contribution in [3.63, 3.8) is 0 Å². The highest BCUT2D eigenvalue weighted by Crippen LogP contribution is 2.17. The fourth-order valence-corrected chi connectivity index (χ4v) is 2.04. The molecule has 0 N–H and O–H groups in total. The summed E-state index contributed by atoms with van der Waals surface area (Å²) in [5.74, 6) is 0. The second-order valence-electron chi connectivity index (χ2n) is 4.55. The Morgan fingerprint density at radius 2 is 1.32 bits per heavy atom. The monoisotopic (exact) mass is 252 g/mol. The molecule has 0 saturated carbocycles. The molecule has 0 unspecified atom stereocenters. The van der Waals surface area contributed by atoms with Crippen molar-refractivity contribution < 1.29 is 0 Å². The van der Waals surface area contributed by atoms with E-state index >= 15 is 0 Å². The molecule has 0 aliphatic rings. The van der Waals surface area contributed by atoms with Gasteiger partial charge in [0.05, 0.1) is 0 Å². The zero-order valence-electron chi connectivity index (χ0n) is 12.7. The molecule has 0 radical (unpaired) electrons. The van der Waals surface area contributed by atoms with E-state index in [2.05, 4.69) is 75.4 Å². The van der Waals surface area contributed by atoms with E-state index in [1.165, 1.54) is 27.8 Å². The van der Waals surface area contributed by atoms with Gasteiger partial charge in [0, 0.05) is 0 Å². The highest BCUT2D eigenvalue weighted by atomic mass is 14.0. The van der Waals surface area contributed by atoms with Crippen molar-refractivity contribution in [3.8, 4) is 0 Å². The molecule has 0 aromatic heterocycles. The van der Waals surface area contributed by atoms with Gasteiger partial charge in [0.15, 0.2) is 0 Å². The average molecular weight is 252 g/mol. The van der Waals surface area contributed by atoms with Crippen LogP contribution < -0.4 is 0 Å². The normalized spacial score (nSPS) is 10.2. The van der Waals surface area contributed by atoms with Crippen LogP contribution in [0, 0.1) is 20.8 Å². The van der Waals surface area contributed by atoms with Gasteiger partial charge in [-0.2, -0.15) is 0 Å². The van der Waals surface area contributed by atoms with E-state index in [9.17, 15) is 0 Å². The maximum absolute atomic E-state index is 2.21. The van der Waals surface area contributed by atoms with Gasteiger partial charge in [-0.15, -0.1) is 0 Å². The molecule has 0 amide bonds. The van der Waals surface area contributed by atoms with E-state index in [-0.39, 0.29) is 0 Å². The molecule has 0 nitrogen and oxygen atoms in total. The first-order chi connectivity index (χ1) is 9.16. The molecule has 0 aliphatic heterocycles. The summed E-state index contributed by atoms with van der Waals surface area (Å²) in [6, 6.07) is 15.0. The molecule has 0 saturated heterocycles. The van der Waals surface area contributed by atoms with Crippen molar-refractivity contribution >= 4 is 12.2 Å². The quantitative estimate of drug-likeness (QED) is 0.592. The molecule has 0 heterocycles. The van der Waals surface area contributed by atoms with Crippen LogP contribution >= 0.6 is 0 Å². The smallest absolute Gasteiger partial charge is 0.0198 e. The molecule has 0 atom stereocenters. The second kappa shape index (κ2) is 7.58. The lowest BCUT2D eigenvalue weighted by molar-refractivity contribution is 1.36. The summed E-state index contributed by atoms with van der Waals surface area (Å²) in [6.45, 7) is 10.4. The van der Waals surface area contributed by atoms with Crippen molar-refractivity contribution in [2.75, 3.05) is 0 Å². The first kappa shape index (κ1) is 15.2. The molecule has 0 heteroatoms. The van der Waals surface area contributed by atoms with Crippen molar-refractivity contribution in [2.24, 2.45) is 0 Å². The Kier molecular flexibility index (Phi) is 6.08. The lowest BCUT2D eigenvalue weighted by Crippen LogP contribution is -1.85. The second-order valence-corrected chi connectivity index (χ2v) is 4.55. The summed E-state index contributed by atoms with van der Waals surface area (Å²) in [7, 11) is 0. The third-order valence-corrected chi connectivity index (χ3v) is 3.03. The Labute approximate surface area is 117 Å². The summed E-state index contributed by atoms with van der Waals surface area (Å²) >= 11 is 0. The van der Waals surface area contributed by atoms with Gasteiger partial charge >= 0.3 is 0 Å². The van der Waals surface area contributed by atoms with Gasteiger partial charge in [-0.25, -0.2) is 0 Å². The van der Waals surface area contributed by atoms with Crippen LogP contribution in [-0.4, -0.2) is 0 Å². The summed E-state index contributed by atoms with van der Waals surface area (Å²) < 4.78 is 0. The highest BCUT2D eigenvalue weighted by molar-refractivity contribution is 5.72. The van der Waals surface area contributed by atoms with E-state index in [1.54, 1.807) is 0 Å². The van der Waals surface area contributed by atoms with Gasteiger partial charge in [0.25, 0.3) is 0 Å². The summed E-state index contributed by atoms with van der Waals surface area (Å²) in [5, 5.41) is 0. The molecular weight excluding hydrogens is 228 g/mol. The van der Waals surface area contributed by atoms with Crippen LogP contribution in [0.5, 0.6) is 0 Å².